The van der Waals surface area contributed by atoms with Crippen molar-refractivity contribution in [1.29, 1.82) is 5.26 Å². The molecule has 0 aliphatic carbocycles. The molecular weight excluding hydrogens is 242 g/mol. The number of imidazole rings is 1. The van der Waals surface area contributed by atoms with Gasteiger partial charge in [0.15, 0.2) is 0 Å². The molecule has 0 saturated carbocycles. The first-order chi connectivity index (χ1) is 9.15. The van der Waals surface area contributed by atoms with Crippen molar-refractivity contribution in [1.82, 2.24) is 9.55 Å². The molecule has 1 aromatic heterocycles. The van der Waals surface area contributed by atoms with Crippen molar-refractivity contribution in [2.24, 2.45) is 7.05 Å². The number of hydrogen-bond acceptors (Lipinski definition) is 4. The molecule has 0 N–H and O–H groups in total. The Labute approximate surface area is 111 Å². The molecule has 0 aliphatic rings. The van der Waals surface area contributed by atoms with Gasteiger partial charge < -0.3 is 9.30 Å². The van der Waals surface area contributed by atoms with E-state index < -0.39 is 5.92 Å². The quantitative estimate of drug-likeness (QED) is 0.783. The topological polar surface area (TPSA) is 67.9 Å². The molecule has 0 fully saturated rings. The van der Waals surface area contributed by atoms with Gasteiger partial charge in [0, 0.05) is 13.2 Å². The zero-order valence-electron chi connectivity index (χ0n) is 10.7. The van der Waals surface area contributed by atoms with Crippen LogP contribution in [0.1, 0.15) is 22.0 Å². The van der Waals surface area contributed by atoms with Crippen LogP contribution in [0, 0.1) is 11.3 Å². The number of aryl methyl sites for hydroxylation is 1. The van der Waals surface area contributed by atoms with Crippen molar-refractivity contribution in [2.45, 2.75) is 5.92 Å². The summed E-state index contributed by atoms with van der Waals surface area (Å²) in [6.45, 7) is 0. The minimum absolute atomic E-state index is 0.289. The van der Waals surface area contributed by atoms with Crippen LogP contribution in [0.25, 0.3) is 0 Å². The SMILES string of the molecule is COc1cccc(C(C#N)C(=O)c2cn(C)cn2)c1. The predicted molar refractivity (Wildman–Crippen MR) is 68.9 cm³/mol. The van der Waals surface area contributed by atoms with E-state index in [1.807, 2.05) is 6.07 Å². The van der Waals surface area contributed by atoms with Crippen LogP contribution in [0.4, 0.5) is 0 Å². The average molecular weight is 255 g/mol. The molecule has 2 rings (SSSR count). The Morgan fingerprint density at radius 1 is 1.53 bits per heavy atom. The molecule has 5 heteroatoms. The molecule has 96 valence electrons. The molecule has 0 aliphatic heterocycles. The van der Waals surface area contributed by atoms with Crippen LogP contribution in [-0.4, -0.2) is 22.4 Å². The summed E-state index contributed by atoms with van der Waals surface area (Å²) in [5, 5.41) is 9.24. The Balaban J connectivity index is 2.34. The van der Waals surface area contributed by atoms with Crippen molar-refractivity contribution < 1.29 is 9.53 Å². The van der Waals surface area contributed by atoms with Crippen LogP contribution in [0.2, 0.25) is 0 Å². The second kappa shape index (κ2) is 5.36. The van der Waals surface area contributed by atoms with E-state index in [2.05, 4.69) is 4.98 Å². The van der Waals surface area contributed by atoms with Gasteiger partial charge in [-0.1, -0.05) is 12.1 Å². The summed E-state index contributed by atoms with van der Waals surface area (Å²) in [5.74, 6) is -0.562. The summed E-state index contributed by atoms with van der Waals surface area (Å²) < 4.78 is 6.77. The number of ether oxygens (including phenoxy) is 1. The van der Waals surface area contributed by atoms with Gasteiger partial charge in [-0.05, 0) is 17.7 Å². The standard InChI is InChI=1S/C14H13N3O2/c1-17-8-13(16-9-17)14(18)12(7-15)10-4-3-5-11(6-10)19-2/h3-6,8-9,12H,1-2H3. The number of hydrogen-bond donors (Lipinski definition) is 0. The first-order valence-electron chi connectivity index (χ1n) is 5.71. The molecule has 0 saturated heterocycles. The lowest BCUT2D eigenvalue weighted by Gasteiger charge is -2.08. The number of carbonyl (C=O) groups is 1. The van der Waals surface area contributed by atoms with Crippen LogP contribution in [0.15, 0.2) is 36.8 Å². The van der Waals surface area contributed by atoms with E-state index in [9.17, 15) is 10.1 Å². The summed E-state index contributed by atoms with van der Waals surface area (Å²) in [4.78, 5) is 16.2. The highest BCUT2D eigenvalue weighted by Gasteiger charge is 2.23. The molecule has 2 aromatic rings. The predicted octanol–water partition coefficient (Wildman–Crippen LogP) is 1.92. The summed E-state index contributed by atoms with van der Waals surface area (Å²) in [6, 6.07) is 8.97. The number of nitrogens with zero attached hydrogens (tertiary/aromatic N) is 3. The number of aromatic nitrogens is 2. The molecule has 1 aromatic carbocycles. The number of nitriles is 1. The number of carbonyl (C=O) groups excluding carboxylic acids is 1. The number of benzene rings is 1. The maximum Gasteiger partial charge on any atom is 0.204 e. The third kappa shape index (κ3) is 2.63. The maximum atomic E-state index is 12.3. The lowest BCUT2D eigenvalue weighted by Crippen LogP contribution is -2.11. The minimum atomic E-state index is -0.870. The highest BCUT2D eigenvalue weighted by molar-refractivity contribution is 6.01. The molecule has 0 radical (unpaired) electrons. The van der Waals surface area contributed by atoms with Gasteiger partial charge in [0.2, 0.25) is 5.78 Å². The summed E-state index contributed by atoms with van der Waals surface area (Å²) >= 11 is 0. The molecule has 0 spiro atoms. The van der Waals surface area contributed by atoms with Gasteiger partial charge in [-0.15, -0.1) is 0 Å². The lowest BCUT2D eigenvalue weighted by molar-refractivity contribution is 0.0974. The van der Waals surface area contributed by atoms with Crippen molar-refractivity contribution in [3.05, 3.63) is 48.0 Å². The van der Waals surface area contributed by atoms with E-state index in [4.69, 9.17) is 4.74 Å². The fourth-order valence-corrected chi connectivity index (χ4v) is 1.79. The van der Waals surface area contributed by atoms with Crippen molar-refractivity contribution in [3.8, 4) is 11.8 Å². The largest absolute Gasteiger partial charge is 0.497 e. The first kappa shape index (κ1) is 12.8. The van der Waals surface area contributed by atoms with E-state index in [1.165, 1.54) is 6.33 Å². The van der Waals surface area contributed by atoms with Crippen molar-refractivity contribution >= 4 is 5.78 Å². The van der Waals surface area contributed by atoms with E-state index >= 15 is 0 Å². The summed E-state index contributed by atoms with van der Waals surface area (Å²) in [5.41, 5.74) is 0.898. The summed E-state index contributed by atoms with van der Waals surface area (Å²) in [6.07, 6.45) is 3.14. The molecule has 19 heavy (non-hydrogen) atoms. The van der Waals surface area contributed by atoms with Crippen molar-refractivity contribution in [3.63, 3.8) is 0 Å². The number of methoxy groups -OCH3 is 1. The van der Waals surface area contributed by atoms with Gasteiger partial charge in [-0.2, -0.15) is 5.26 Å². The van der Waals surface area contributed by atoms with E-state index in [1.54, 1.807) is 49.2 Å². The van der Waals surface area contributed by atoms with Gasteiger partial charge in [0.05, 0.1) is 19.5 Å². The zero-order valence-corrected chi connectivity index (χ0v) is 10.7. The molecular formula is C14H13N3O2. The normalized spacial score (nSPS) is 11.6. The lowest BCUT2D eigenvalue weighted by atomic mass is 9.94. The highest BCUT2D eigenvalue weighted by atomic mass is 16.5. The van der Waals surface area contributed by atoms with Gasteiger partial charge in [0.25, 0.3) is 0 Å². The smallest absolute Gasteiger partial charge is 0.204 e. The molecule has 5 nitrogen and oxygen atoms in total. The van der Waals surface area contributed by atoms with Crippen LogP contribution >= 0.6 is 0 Å². The van der Waals surface area contributed by atoms with Gasteiger partial charge >= 0.3 is 0 Å². The van der Waals surface area contributed by atoms with Crippen LogP contribution in [0.5, 0.6) is 5.75 Å². The third-order valence-corrected chi connectivity index (χ3v) is 2.78. The minimum Gasteiger partial charge on any atom is -0.497 e. The monoisotopic (exact) mass is 255 g/mol. The number of Topliss-reactive ketones (excluding diaryl/α,β-unsaturated/α-hetero) is 1. The maximum absolute atomic E-state index is 12.3. The fraction of sp³-hybridized carbons (Fsp3) is 0.214. The van der Waals surface area contributed by atoms with E-state index in [-0.39, 0.29) is 11.5 Å². The Kier molecular flexibility index (Phi) is 3.62. The van der Waals surface area contributed by atoms with Crippen molar-refractivity contribution in [2.75, 3.05) is 7.11 Å². The Morgan fingerprint density at radius 3 is 2.89 bits per heavy atom. The van der Waals surface area contributed by atoms with Gasteiger partial charge in [0.1, 0.15) is 17.4 Å². The van der Waals surface area contributed by atoms with Crippen LogP contribution < -0.4 is 4.74 Å². The molecule has 1 unspecified atom stereocenters. The molecule has 0 amide bonds. The fourth-order valence-electron chi connectivity index (χ4n) is 1.79. The number of ketones is 1. The number of rotatable bonds is 4. The van der Waals surface area contributed by atoms with Gasteiger partial charge in [-0.3, -0.25) is 4.79 Å². The highest BCUT2D eigenvalue weighted by Crippen LogP contribution is 2.23. The van der Waals surface area contributed by atoms with Crippen LogP contribution in [0.3, 0.4) is 0 Å². The second-order valence-electron chi connectivity index (χ2n) is 4.13. The molecule has 1 atom stereocenters. The van der Waals surface area contributed by atoms with Gasteiger partial charge in [-0.25, -0.2) is 4.98 Å². The Bertz CT molecular complexity index is 640. The van der Waals surface area contributed by atoms with Crippen LogP contribution in [-0.2, 0) is 7.05 Å². The first-order valence-corrected chi connectivity index (χ1v) is 5.71. The third-order valence-electron chi connectivity index (χ3n) is 2.78. The summed E-state index contributed by atoms with van der Waals surface area (Å²) in [7, 11) is 3.32. The average Bonchev–Trinajstić information content (AvgIpc) is 2.86. The van der Waals surface area contributed by atoms with E-state index in [0.29, 0.717) is 11.3 Å². The second-order valence-corrected chi connectivity index (χ2v) is 4.13. The van der Waals surface area contributed by atoms with E-state index in [0.717, 1.165) is 0 Å². The zero-order chi connectivity index (χ0) is 13.8. The Morgan fingerprint density at radius 2 is 2.32 bits per heavy atom. The Hall–Kier alpha value is -2.61. The molecule has 0 bridgehead atoms. The molecule has 1 heterocycles.